The summed E-state index contributed by atoms with van der Waals surface area (Å²) >= 11 is 0. The Labute approximate surface area is 178 Å². The first-order chi connectivity index (χ1) is 14.9. The molecule has 1 fully saturated rings. The molecule has 1 unspecified atom stereocenters. The number of amides is 1. The maximum Gasteiger partial charge on any atom is 0.335 e. The SMILES string of the molecule is Cc1ccc(/C(O)=C2\C(=O)C(=O)N(c3cccc(C(=O)O)c3)C2c2ccccc2)cc1. The molecule has 0 aromatic heterocycles. The molecule has 0 bridgehead atoms. The van der Waals surface area contributed by atoms with Crippen molar-refractivity contribution in [1.29, 1.82) is 0 Å². The average molecular weight is 413 g/mol. The number of carbonyl (C=O) groups excluding carboxylic acids is 2. The van der Waals surface area contributed by atoms with E-state index in [1.165, 1.54) is 23.1 Å². The Morgan fingerprint density at radius 1 is 0.839 bits per heavy atom. The highest BCUT2D eigenvalue weighted by Gasteiger charge is 2.47. The van der Waals surface area contributed by atoms with E-state index in [9.17, 15) is 24.6 Å². The van der Waals surface area contributed by atoms with Gasteiger partial charge in [0, 0.05) is 11.3 Å². The number of carbonyl (C=O) groups is 3. The van der Waals surface area contributed by atoms with Gasteiger partial charge < -0.3 is 10.2 Å². The third-order valence-electron chi connectivity index (χ3n) is 5.26. The number of aryl methyl sites for hydroxylation is 1. The molecule has 3 aromatic carbocycles. The van der Waals surface area contributed by atoms with Crippen molar-refractivity contribution in [2.45, 2.75) is 13.0 Å². The maximum atomic E-state index is 13.1. The fourth-order valence-corrected chi connectivity index (χ4v) is 3.71. The van der Waals surface area contributed by atoms with Gasteiger partial charge in [0.25, 0.3) is 11.7 Å². The van der Waals surface area contributed by atoms with E-state index in [0.717, 1.165) is 5.56 Å². The number of rotatable bonds is 4. The summed E-state index contributed by atoms with van der Waals surface area (Å²) in [5.74, 6) is -3.07. The number of anilines is 1. The van der Waals surface area contributed by atoms with E-state index in [1.807, 2.05) is 6.92 Å². The van der Waals surface area contributed by atoms with Crippen molar-refractivity contribution in [1.82, 2.24) is 0 Å². The predicted octanol–water partition coefficient (Wildman–Crippen LogP) is 4.32. The van der Waals surface area contributed by atoms with E-state index >= 15 is 0 Å². The lowest BCUT2D eigenvalue weighted by Gasteiger charge is -2.25. The number of nitrogens with zero attached hydrogens (tertiary/aromatic N) is 1. The Morgan fingerprint density at radius 2 is 1.52 bits per heavy atom. The van der Waals surface area contributed by atoms with Gasteiger partial charge in [-0.15, -0.1) is 0 Å². The second kappa shape index (κ2) is 7.91. The molecule has 154 valence electrons. The highest BCUT2D eigenvalue weighted by molar-refractivity contribution is 6.51. The molecule has 31 heavy (non-hydrogen) atoms. The fourth-order valence-electron chi connectivity index (χ4n) is 3.71. The fraction of sp³-hybridized carbons (Fsp3) is 0.0800. The van der Waals surface area contributed by atoms with Gasteiger partial charge in [-0.2, -0.15) is 0 Å². The monoisotopic (exact) mass is 413 g/mol. The topological polar surface area (TPSA) is 94.9 Å². The zero-order chi connectivity index (χ0) is 22.1. The van der Waals surface area contributed by atoms with E-state index < -0.39 is 23.7 Å². The number of carboxylic acids is 1. The van der Waals surface area contributed by atoms with Gasteiger partial charge in [-0.3, -0.25) is 14.5 Å². The molecule has 3 aromatic rings. The zero-order valence-corrected chi connectivity index (χ0v) is 16.6. The van der Waals surface area contributed by atoms with E-state index in [-0.39, 0.29) is 22.6 Å². The van der Waals surface area contributed by atoms with Crippen LogP contribution in [0.25, 0.3) is 5.76 Å². The Balaban J connectivity index is 1.94. The van der Waals surface area contributed by atoms with Crippen molar-refractivity contribution in [2.75, 3.05) is 4.90 Å². The highest BCUT2D eigenvalue weighted by Crippen LogP contribution is 2.42. The molecule has 1 amide bonds. The van der Waals surface area contributed by atoms with Crippen molar-refractivity contribution in [3.05, 3.63) is 107 Å². The third kappa shape index (κ3) is 3.59. The summed E-state index contributed by atoms with van der Waals surface area (Å²) in [6.45, 7) is 1.90. The number of aliphatic hydroxyl groups is 1. The van der Waals surface area contributed by atoms with Gasteiger partial charge in [0.1, 0.15) is 5.76 Å². The van der Waals surface area contributed by atoms with Gasteiger partial charge in [0.05, 0.1) is 17.2 Å². The van der Waals surface area contributed by atoms with Crippen molar-refractivity contribution >= 4 is 29.1 Å². The Bertz CT molecular complexity index is 1210. The molecule has 0 aliphatic carbocycles. The summed E-state index contributed by atoms with van der Waals surface area (Å²) in [7, 11) is 0. The normalized spacial score (nSPS) is 17.7. The maximum absolute atomic E-state index is 13.1. The lowest BCUT2D eigenvalue weighted by atomic mass is 9.95. The average Bonchev–Trinajstić information content (AvgIpc) is 3.05. The van der Waals surface area contributed by atoms with Crippen LogP contribution in [0, 0.1) is 6.92 Å². The number of ketones is 1. The van der Waals surface area contributed by atoms with Crippen LogP contribution < -0.4 is 4.90 Å². The van der Waals surface area contributed by atoms with Crippen LogP contribution in [0.4, 0.5) is 5.69 Å². The van der Waals surface area contributed by atoms with Gasteiger partial charge in [-0.1, -0.05) is 66.2 Å². The number of carboxylic acid groups (broad SMARTS) is 1. The largest absolute Gasteiger partial charge is 0.507 e. The number of Topliss-reactive ketones (excluding diaryl/α,β-unsaturated/α-hetero) is 1. The summed E-state index contributed by atoms with van der Waals surface area (Å²) in [4.78, 5) is 38.8. The van der Waals surface area contributed by atoms with Crippen LogP contribution in [0.1, 0.15) is 33.1 Å². The van der Waals surface area contributed by atoms with Gasteiger partial charge in [-0.05, 0) is 30.7 Å². The van der Waals surface area contributed by atoms with Gasteiger partial charge >= 0.3 is 5.97 Å². The third-order valence-corrected chi connectivity index (χ3v) is 5.26. The molecule has 0 spiro atoms. The minimum absolute atomic E-state index is 0.00949. The second-order valence-corrected chi connectivity index (χ2v) is 7.30. The quantitative estimate of drug-likeness (QED) is 0.377. The van der Waals surface area contributed by atoms with E-state index in [1.54, 1.807) is 60.7 Å². The summed E-state index contributed by atoms with van der Waals surface area (Å²) in [6.07, 6.45) is 0. The molecule has 0 saturated carbocycles. The number of hydrogen-bond donors (Lipinski definition) is 2. The molecule has 0 radical (unpaired) electrons. The summed E-state index contributed by atoms with van der Waals surface area (Å²) < 4.78 is 0. The van der Waals surface area contributed by atoms with Gasteiger partial charge in [0.15, 0.2) is 0 Å². The van der Waals surface area contributed by atoms with Crippen molar-refractivity contribution in [3.8, 4) is 0 Å². The van der Waals surface area contributed by atoms with Gasteiger partial charge in [0.2, 0.25) is 0 Å². The zero-order valence-electron chi connectivity index (χ0n) is 16.6. The summed E-state index contributed by atoms with van der Waals surface area (Å²) in [6, 6.07) is 20.8. The van der Waals surface area contributed by atoms with Crippen molar-refractivity contribution in [2.24, 2.45) is 0 Å². The van der Waals surface area contributed by atoms with Crippen LogP contribution in [-0.2, 0) is 9.59 Å². The molecule has 4 rings (SSSR count). The van der Waals surface area contributed by atoms with E-state index in [2.05, 4.69) is 0 Å². The van der Waals surface area contributed by atoms with Gasteiger partial charge in [-0.25, -0.2) is 4.79 Å². The van der Waals surface area contributed by atoms with E-state index in [0.29, 0.717) is 11.1 Å². The van der Waals surface area contributed by atoms with Crippen LogP contribution in [0.3, 0.4) is 0 Å². The molecule has 6 heteroatoms. The molecule has 1 aliphatic rings. The Kier molecular flexibility index (Phi) is 5.13. The summed E-state index contributed by atoms with van der Waals surface area (Å²) in [5, 5.41) is 20.4. The van der Waals surface area contributed by atoms with E-state index in [4.69, 9.17) is 0 Å². The molecule has 2 N–H and O–H groups in total. The second-order valence-electron chi connectivity index (χ2n) is 7.30. The van der Waals surface area contributed by atoms with Crippen molar-refractivity contribution < 1.29 is 24.6 Å². The molecular formula is C25H19NO5. The number of benzene rings is 3. The number of aromatic carboxylic acids is 1. The molecule has 6 nitrogen and oxygen atoms in total. The minimum Gasteiger partial charge on any atom is -0.507 e. The van der Waals surface area contributed by atoms with Crippen LogP contribution >= 0.6 is 0 Å². The lowest BCUT2D eigenvalue weighted by Crippen LogP contribution is -2.29. The van der Waals surface area contributed by atoms with Crippen LogP contribution in [0.2, 0.25) is 0 Å². The molecule has 1 heterocycles. The first-order valence-electron chi connectivity index (χ1n) is 9.65. The molecule has 1 saturated heterocycles. The first kappa shape index (κ1) is 20.1. The standard InChI is InChI=1S/C25H19NO5/c1-15-10-12-17(13-11-15)22(27)20-21(16-6-3-2-4-7-16)26(24(29)23(20)28)19-9-5-8-18(14-19)25(30)31/h2-14,21,27H,1H3,(H,30,31)/b22-20+. The predicted molar refractivity (Wildman–Crippen MR) is 116 cm³/mol. The molecular weight excluding hydrogens is 394 g/mol. The smallest absolute Gasteiger partial charge is 0.335 e. The van der Waals surface area contributed by atoms with Crippen molar-refractivity contribution in [3.63, 3.8) is 0 Å². The lowest BCUT2D eigenvalue weighted by molar-refractivity contribution is -0.132. The first-order valence-corrected chi connectivity index (χ1v) is 9.65. The number of hydrogen-bond acceptors (Lipinski definition) is 4. The summed E-state index contributed by atoms with van der Waals surface area (Å²) in [5.41, 5.74) is 2.24. The Morgan fingerprint density at radius 3 is 2.16 bits per heavy atom. The van der Waals surface area contributed by atoms with Crippen LogP contribution in [0.15, 0.2) is 84.4 Å². The molecule has 1 aliphatic heterocycles. The number of aliphatic hydroxyl groups excluding tert-OH is 1. The van der Waals surface area contributed by atoms with Crippen LogP contribution in [0.5, 0.6) is 0 Å². The van der Waals surface area contributed by atoms with Crippen LogP contribution in [-0.4, -0.2) is 27.9 Å². The minimum atomic E-state index is -1.14. The Hall–Kier alpha value is -4.19. The molecule has 1 atom stereocenters. The highest BCUT2D eigenvalue weighted by atomic mass is 16.4.